The zero-order valence-electron chi connectivity index (χ0n) is 13.0. The zero-order chi connectivity index (χ0) is 15.9. The highest BCUT2D eigenvalue weighted by Gasteiger charge is 2.07. The van der Waals surface area contributed by atoms with Crippen LogP contribution in [0.4, 0.5) is 0 Å². The molecule has 0 saturated heterocycles. The van der Waals surface area contributed by atoms with Crippen molar-refractivity contribution >= 4 is 32.6 Å². The van der Waals surface area contributed by atoms with Crippen LogP contribution >= 0.6 is 0 Å². The van der Waals surface area contributed by atoms with Gasteiger partial charge in [-0.15, -0.1) is 0 Å². The Morgan fingerprint density at radius 3 is 2.38 bits per heavy atom. The number of aromatic nitrogens is 1. The number of hydrogen-bond acceptors (Lipinski definition) is 1. The van der Waals surface area contributed by atoms with Gasteiger partial charge >= 0.3 is 0 Å². The van der Waals surface area contributed by atoms with Gasteiger partial charge in [-0.2, -0.15) is 0 Å². The van der Waals surface area contributed by atoms with Gasteiger partial charge < -0.3 is 0 Å². The topological polar surface area (TPSA) is 12.9 Å². The van der Waals surface area contributed by atoms with Crippen LogP contribution in [-0.4, -0.2) is 4.98 Å². The summed E-state index contributed by atoms with van der Waals surface area (Å²) in [5, 5.41) is 4.69. The average Bonchev–Trinajstić information content (AvgIpc) is 2.65. The zero-order valence-corrected chi connectivity index (χ0v) is 13.0. The molecule has 0 N–H and O–H groups in total. The predicted molar refractivity (Wildman–Crippen MR) is 101 cm³/mol. The maximum absolute atomic E-state index is 4.81. The van der Waals surface area contributed by atoms with Crippen molar-refractivity contribution in [2.75, 3.05) is 0 Å². The molecule has 1 heterocycles. The SMILES string of the molecule is [c]1c(-c2cccc3nc4ccccc4cc23)ccc2ccccc12. The Hall–Kier alpha value is -3.19. The Morgan fingerprint density at radius 2 is 1.42 bits per heavy atom. The molecule has 0 aliphatic heterocycles. The van der Waals surface area contributed by atoms with E-state index < -0.39 is 0 Å². The second-order valence-electron chi connectivity index (χ2n) is 6.01. The fraction of sp³-hybridized carbons (Fsp3) is 0. The second kappa shape index (κ2) is 5.17. The maximum atomic E-state index is 4.81. The van der Waals surface area contributed by atoms with Crippen molar-refractivity contribution in [2.24, 2.45) is 0 Å². The van der Waals surface area contributed by atoms with Crippen molar-refractivity contribution in [3.05, 3.63) is 91.0 Å². The van der Waals surface area contributed by atoms with Crippen LogP contribution < -0.4 is 0 Å². The first-order valence-electron chi connectivity index (χ1n) is 8.08. The third-order valence-corrected chi connectivity index (χ3v) is 4.51. The molecule has 0 aliphatic carbocycles. The lowest BCUT2D eigenvalue weighted by Crippen LogP contribution is -1.86. The first kappa shape index (κ1) is 13.3. The van der Waals surface area contributed by atoms with E-state index in [1.807, 2.05) is 6.07 Å². The highest BCUT2D eigenvalue weighted by atomic mass is 14.7. The summed E-state index contributed by atoms with van der Waals surface area (Å²) in [7, 11) is 0. The number of rotatable bonds is 1. The first-order valence-corrected chi connectivity index (χ1v) is 8.08. The average molecular weight is 304 g/mol. The summed E-state index contributed by atoms with van der Waals surface area (Å²) in [6.45, 7) is 0. The van der Waals surface area contributed by atoms with Crippen LogP contribution in [0.25, 0.3) is 43.7 Å². The molecule has 4 aromatic carbocycles. The third kappa shape index (κ3) is 2.06. The van der Waals surface area contributed by atoms with E-state index >= 15 is 0 Å². The van der Waals surface area contributed by atoms with Gasteiger partial charge in [0.05, 0.1) is 11.0 Å². The Bertz CT molecular complexity index is 1200. The summed E-state index contributed by atoms with van der Waals surface area (Å²) in [5.74, 6) is 0. The Kier molecular flexibility index (Phi) is 2.86. The molecule has 24 heavy (non-hydrogen) atoms. The molecule has 1 aromatic heterocycles. The van der Waals surface area contributed by atoms with E-state index in [1.165, 1.54) is 21.7 Å². The Morgan fingerprint density at radius 1 is 0.625 bits per heavy atom. The van der Waals surface area contributed by atoms with E-state index in [4.69, 9.17) is 4.98 Å². The van der Waals surface area contributed by atoms with E-state index in [2.05, 4.69) is 84.9 Å². The minimum Gasteiger partial charge on any atom is -0.248 e. The van der Waals surface area contributed by atoms with Gasteiger partial charge in [-0.05, 0) is 46.2 Å². The number of pyridine rings is 1. The van der Waals surface area contributed by atoms with E-state index in [1.54, 1.807) is 0 Å². The summed E-state index contributed by atoms with van der Waals surface area (Å²) in [4.78, 5) is 4.81. The molecule has 0 fully saturated rings. The van der Waals surface area contributed by atoms with Crippen molar-refractivity contribution in [3.8, 4) is 11.1 Å². The summed E-state index contributed by atoms with van der Waals surface area (Å²) in [6, 6.07) is 33.0. The van der Waals surface area contributed by atoms with Gasteiger partial charge in [-0.3, -0.25) is 0 Å². The highest BCUT2D eigenvalue weighted by Crippen LogP contribution is 2.31. The largest absolute Gasteiger partial charge is 0.248 e. The molecule has 0 spiro atoms. The van der Waals surface area contributed by atoms with E-state index in [9.17, 15) is 0 Å². The smallest absolute Gasteiger partial charge is 0.0715 e. The lowest BCUT2D eigenvalue weighted by molar-refractivity contribution is 1.50. The first-order chi connectivity index (χ1) is 11.9. The van der Waals surface area contributed by atoms with Crippen LogP contribution in [0.5, 0.6) is 0 Å². The molecule has 0 aliphatic rings. The van der Waals surface area contributed by atoms with Crippen molar-refractivity contribution in [1.29, 1.82) is 0 Å². The van der Waals surface area contributed by atoms with E-state index in [-0.39, 0.29) is 0 Å². The van der Waals surface area contributed by atoms with Gasteiger partial charge in [0.25, 0.3) is 0 Å². The molecule has 5 rings (SSSR count). The lowest BCUT2D eigenvalue weighted by Gasteiger charge is -2.09. The molecule has 111 valence electrons. The van der Waals surface area contributed by atoms with Gasteiger partial charge in [-0.25, -0.2) is 4.98 Å². The van der Waals surface area contributed by atoms with Crippen molar-refractivity contribution in [2.45, 2.75) is 0 Å². The third-order valence-electron chi connectivity index (χ3n) is 4.51. The van der Waals surface area contributed by atoms with Crippen LogP contribution in [0.3, 0.4) is 0 Å². The van der Waals surface area contributed by atoms with E-state index in [0.717, 1.165) is 22.0 Å². The van der Waals surface area contributed by atoms with Gasteiger partial charge in [0.1, 0.15) is 0 Å². The summed E-state index contributed by atoms with van der Waals surface area (Å²) in [6.07, 6.45) is 0. The van der Waals surface area contributed by atoms with Crippen molar-refractivity contribution in [3.63, 3.8) is 0 Å². The van der Waals surface area contributed by atoms with Crippen LogP contribution in [0, 0.1) is 6.07 Å². The molecule has 0 unspecified atom stereocenters. The minimum absolute atomic E-state index is 1.02. The summed E-state index contributed by atoms with van der Waals surface area (Å²) < 4.78 is 0. The summed E-state index contributed by atoms with van der Waals surface area (Å²) >= 11 is 0. The van der Waals surface area contributed by atoms with Crippen LogP contribution in [-0.2, 0) is 0 Å². The molecule has 0 bridgehead atoms. The minimum atomic E-state index is 1.02. The van der Waals surface area contributed by atoms with Gasteiger partial charge in [0, 0.05) is 10.8 Å². The van der Waals surface area contributed by atoms with Crippen LogP contribution in [0.2, 0.25) is 0 Å². The Labute approximate surface area is 140 Å². The quantitative estimate of drug-likeness (QED) is 0.346. The van der Waals surface area contributed by atoms with Gasteiger partial charge in [-0.1, -0.05) is 66.7 Å². The normalized spacial score (nSPS) is 11.3. The number of hydrogen-bond donors (Lipinski definition) is 0. The maximum Gasteiger partial charge on any atom is 0.0715 e. The van der Waals surface area contributed by atoms with Crippen LogP contribution in [0.1, 0.15) is 0 Å². The Balaban J connectivity index is 1.82. The summed E-state index contributed by atoms with van der Waals surface area (Å²) in [5.41, 5.74) is 4.34. The van der Waals surface area contributed by atoms with Gasteiger partial charge in [0.15, 0.2) is 0 Å². The molecular weight excluding hydrogens is 290 g/mol. The molecular formula is C23H14N. The fourth-order valence-electron chi connectivity index (χ4n) is 3.31. The lowest BCUT2D eigenvalue weighted by atomic mass is 9.97. The monoisotopic (exact) mass is 304 g/mol. The second-order valence-corrected chi connectivity index (χ2v) is 6.01. The van der Waals surface area contributed by atoms with Crippen LogP contribution in [0.15, 0.2) is 84.9 Å². The number of nitrogens with zero attached hydrogens (tertiary/aromatic N) is 1. The number of benzene rings is 4. The molecule has 5 aromatic rings. The molecule has 1 radical (unpaired) electrons. The molecule has 0 saturated carbocycles. The number of para-hydroxylation sites is 1. The molecule has 0 amide bonds. The van der Waals surface area contributed by atoms with Crippen molar-refractivity contribution in [1.82, 2.24) is 4.98 Å². The predicted octanol–water partition coefficient (Wildman–Crippen LogP) is 6.01. The molecule has 1 heteroatoms. The standard InChI is InChI=1S/C23H14N/c1-2-7-17-14-18(13-12-16(17)6-1)20-9-5-11-23-21(20)15-19-8-3-4-10-22(19)24-23/h1-13,15H. The molecule has 1 nitrogen and oxygen atoms in total. The number of fused-ring (bicyclic) bond motifs is 3. The van der Waals surface area contributed by atoms with E-state index in [0.29, 0.717) is 0 Å². The fourth-order valence-corrected chi connectivity index (χ4v) is 3.31. The highest BCUT2D eigenvalue weighted by molar-refractivity contribution is 6.02. The van der Waals surface area contributed by atoms with Gasteiger partial charge in [0.2, 0.25) is 0 Å². The van der Waals surface area contributed by atoms with Crippen molar-refractivity contribution < 1.29 is 0 Å². The molecule has 0 atom stereocenters.